The number of nitrogens with two attached hydrogens (primary N) is 1. The number of rotatable bonds is 4. The number of hydrogen-bond donors (Lipinski definition) is 2. The maximum Gasteiger partial charge on any atom is 0.240 e. The third-order valence-corrected chi connectivity index (χ3v) is 5.93. The van der Waals surface area contributed by atoms with Crippen molar-refractivity contribution in [3.8, 4) is 0 Å². The van der Waals surface area contributed by atoms with E-state index in [4.69, 9.17) is 18.0 Å². The molecule has 0 amide bonds. The van der Waals surface area contributed by atoms with Crippen LogP contribution in [-0.2, 0) is 10.0 Å². The Morgan fingerprint density at radius 2 is 2.26 bits per heavy atom. The SMILES string of the molecule is Cc1cc(S(=O)(=O)NC2CCSC2)ccc1C(N)=S. The molecule has 1 unspecified atom stereocenters. The molecule has 19 heavy (non-hydrogen) atoms. The molecule has 0 spiro atoms. The van der Waals surface area contributed by atoms with E-state index in [0.717, 1.165) is 23.5 Å². The summed E-state index contributed by atoms with van der Waals surface area (Å²) in [4.78, 5) is 0.545. The smallest absolute Gasteiger partial charge is 0.240 e. The predicted octanol–water partition coefficient (Wildman–Crippen LogP) is 1.41. The van der Waals surface area contributed by atoms with Gasteiger partial charge in [-0.25, -0.2) is 13.1 Å². The summed E-state index contributed by atoms with van der Waals surface area (Å²) >= 11 is 6.68. The van der Waals surface area contributed by atoms with Crippen molar-refractivity contribution in [1.82, 2.24) is 4.72 Å². The van der Waals surface area contributed by atoms with Crippen LogP contribution >= 0.6 is 24.0 Å². The molecule has 1 atom stereocenters. The van der Waals surface area contributed by atoms with Gasteiger partial charge in [-0.3, -0.25) is 0 Å². The summed E-state index contributed by atoms with van der Waals surface area (Å²) in [7, 11) is -3.46. The van der Waals surface area contributed by atoms with Crippen LogP contribution in [0.5, 0.6) is 0 Å². The van der Waals surface area contributed by atoms with Gasteiger partial charge in [0.15, 0.2) is 0 Å². The first-order valence-corrected chi connectivity index (χ1v) is 8.95. The van der Waals surface area contributed by atoms with E-state index in [1.165, 1.54) is 0 Å². The van der Waals surface area contributed by atoms with E-state index in [2.05, 4.69) is 4.72 Å². The Labute approximate surface area is 123 Å². The van der Waals surface area contributed by atoms with Crippen molar-refractivity contribution >= 4 is 39.0 Å². The first-order valence-electron chi connectivity index (χ1n) is 5.90. The van der Waals surface area contributed by atoms with Crippen LogP contribution in [0, 0.1) is 6.92 Å². The Hall–Kier alpha value is -0.630. The van der Waals surface area contributed by atoms with E-state index in [9.17, 15) is 8.42 Å². The van der Waals surface area contributed by atoms with Gasteiger partial charge in [0.25, 0.3) is 0 Å². The number of hydrogen-bond acceptors (Lipinski definition) is 4. The Morgan fingerprint density at radius 1 is 1.53 bits per heavy atom. The quantitative estimate of drug-likeness (QED) is 0.822. The van der Waals surface area contributed by atoms with Crippen molar-refractivity contribution in [1.29, 1.82) is 0 Å². The lowest BCUT2D eigenvalue weighted by Crippen LogP contribution is -2.34. The molecule has 0 saturated carbocycles. The second-order valence-corrected chi connectivity index (χ2v) is 7.83. The van der Waals surface area contributed by atoms with Gasteiger partial charge in [0.2, 0.25) is 10.0 Å². The molecule has 7 heteroatoms. The van der Waals surface area contributed by atoms with Gasteiger partial charge >= 0.3 is 0 Å². The molecule has 104 valence electrons. The molecule has 3 N–H and O–H groups in total. The normalized spacial score (nSPS) is 19.5. The van der Waals surface area contributed by atoms with Gasteiger partial charge in [-0.2, -0.15) is 11.8 Å². The Bertz CT molecular complexity index is 593. The number of nitrogens with one attached hydrogen (secondary N) is 1. The van der Waals surface area contributed by atoms with Crippen molar-refractivity contribution in [2.75, 3.05) is 11.5 Å². The molecule has 0 aromatic heterocycles. The Morgan fingerprint density at radius 3 is 2.79 bits per heavy atom. The molecular weight excluding hydrogens is 300 g/mol. The number of thioether (sulfide) groups is 1. The molecule has 0 radical (unpaired) electrons. The maximum absolute atomic E-state index is 12.2. The average molecular weight is 316 g/mol. The second-order valence-electron chi connectivity index (χ2n) is 4.52. The summed E-state index contributed by atoms with van der Waals surface area (Å²) in [6, 6.07) is 4.85. The van der Waals surface area contributed by atoms with Gasteiger partial charge in [-0.15, -0.1) is 0 Å². The fraction of sp³-hybridized carbons (Fsp3) is 0.417. The van der Waals surface area contributed by atoms with Crippen LogP contribution in [0.3, 0.4) is 0 Å². The highest BCUT2D eigenvalue weighted by Crippen LogP contribution is 2.21. The molecule has 1 fully saturated rings. The largest absolute Gasteiger partial charge is 0.389 e. The number of aryl methyl sites for hydroxylation is 1. The highest BCUT2D eigenvalue weighted by Gasteiger charge is 2.23. The Kier molecular flexibility index (Phi) is 4.50. The zero-order chi connectivity index (χ0) is 14.0. The van der Waals surface area contributed by atoms with Gasteiger partial charge < -0.3 is 5.73 Å². The first-order chi connectivity index (χ1) is 8.90. The van der Waals surface area contributed by atoms with Gasteiger partial charge in [0, 0.05) is 17.4 Å². The van der Waals surface area contributed by atoms with Gasteiger partial charge in [-0.1, -0.05) is 18.3 Å². The molecule has 1 heterocycles. The van der Waals surface area contributed by atoms with Crippen LogP contribution in [0.4, 0.5) is 0 Å². The van der Waals surface area contributed by atoms with Crippen LogP contribution in [0.1, 0.15) is 17.5 Å². The average Bonchev–Trinajstić information content (AvgIpc) is 2.80. The van der Waals surface area contributed by atoms with E-state index in [1.54, 1.807) is 36.9 Å². The number of thiocarbonyl (C=S) groups is 1. The molecule has 1 saturated heterocycles. The predicted molar refractivity (Wildman–Crippen MR) is 83.1 cm³/mol. The maximum atomic E-state index is 12.2. The number of benzene rings is 1. The topological polar surface area (TPSA) is 72.2 Å². The van der Waals surface area contributed by atoms with E-state index >= 15 is 0 Å². The van der Waals surface area contributed by atoms with Crippen molar-refractivity contribution in [2.45, 2.75) is 24.3 Å². The standard InChI is InChI=1S/C12H16N2O2S3/c1-8-6-10(2-3-11(8)12(13)17)19(15,16)14-9-4-5-18-7-9/h2-3,6,9,14H,4-5,7H2,1H3,(H2,13,17). The lowest BCUT2D eigenvalue weighted by molar-refractivity contribution is 0.563. The molecule has 2 rings (SSSR count). The van der Waals surface area contributed by atoms with Crippen molar-refractivity contribution < 1.29 is 8.42 Å². The minimum absolute atomic E-state index is 0.0329. The van der Waals surface area contributed by atoms with E-state index < -0.39 is 10.0 Å². The number of sulfonamides is 1. The summed E-state index contributed by atoms with van der Waals surface area (Å²) in [5, 5.41) is 0. The van der Waals surface area contributed by atoms with Crippen LogP contribution in [0.15, 0.2) is 23.1 Å². The summed E-state index contributed by atoms with van der Waals surface area (Å²) in [5.41, 5.74) is 7.06. The van der Waals surface area contributed by atoms with Crippen LogP contribution in [0.25, 0.3) is 0 Å². The summed E-state index contributed by atoms with van der Waals surface area (Å²) in [5.74, 6) is 1.84. The third-order valence-electron chi connectivity index (χ3n) is 3.03. The zero-order valence-corrected chi connectivity index (χ0v) is 13.0. The lowest BCUT2D eigenvalue weighted by atomic mass is 10.1. The zero-order valence-electron chi connectivity index (χ0n) is 10.5. The van der Waals surface area contributed by atoms with E-state index in [-0.39, 0.29) is 15.9 Å². The molecular formula is C12H16N2O2S3. The van der Waals surface area contributed by atoms with Gasteiger partial charge in [-0.05, 0) is 36.8 Å². The van der Waals surface area contributed by atoms with Crippen LogP contribution < -0.4 is 10.5 Å². The summed E-state index contributed by atoms with van der Waals surface area (Å²) in [6.07, 6.45) is 0.883. The third kappa shape index (κ3) is 3.47. The van der Waals surface area contributed by atoms with Crippen LogP contribution in [-0.4, -0.2) is 31.0 Å². The summed E-state index contributed by atoms with van der Waals surface area (Å²) < 4.78 is 27.2. The minimum Gasteiger partial charge on any atom is -0.389 e. The molecule has 4 nitrogen and oxygen atoms in total. The van der Waals surface area contributed by atoms with E-state index in [1.807, 2.05) is 0 Å². The second kappa shape index (κ2) is 5.78. The van der Waals surface area contributed by atoms with Crippen LogP contribution in [0.2, 0.25) is 0 Å². The van der Waals surface area contributed by atoms with E-state index in [0.29, 0.717) is 5.56 Å². The fourth-order valence-corrected chi connectivity index (χ4v) is 4.84. The minimum atomic E-state index is -3.46. The molecule has 1 aliphatic heterocycles. The monoisotopic (exact) mass is 316 g/mol. The molecule has 0 aliphatic carbocycles. The van der Waals surface area contributed by atoms with Crippen molar-refractivity contribution in [3.05, 3.63) is 29.3 Å². The highest BCUT2D eigenvalue weighted by atomic mass is 32.2. The fourth-order valence-electron chi connectivity index (χ4n) is 1.99. The van der Waals surface area contributed by atoms with Crippen molar-refractivity contribution in [2.24, 2.45) is 5.73 Å². The summed E-state index contributed by atoms with van der Waals surface area (Å²) in [6.45, 7) is 1.80. The Balaban J connectivity index is 2.25. The first kappa shape index (κ1) is 14.8. The molecule has 1 aliphatic rings. The van der Waals surface area contributed by atoms with Gasteiger partial charge in [0.05, 0.1) is 4.90 Å². The molecule has 1 aromatic carbocycles. The molecule has 1 aromatic rings. The lowest BCUT2D eigenvalue weighted by Gasteiger charge is -2.13. The van der Waals surface area contributed by atoms with Gasteiger partial charge in [0.1, 0.15) is 4.99 Å². The van der Waals surface area contributed by atoms with Crippen molar-refractivity contribution in [3.63, 3.8) is 0 Å². The molecule has 0 bridgehead atoms. The highest BCUT2D eigenvalue weighted by molar-refractivity contribution is 7.99.